The van der Waals surface area contributed by atoms with Crippen molar-refractivity contribution >= 4 is 45.4 Å². The molecule has 0 saturated heterocycles. The smallest absolute Gasteiger partial charge is 0.308 e. The molecule has 0 heterocycles. The maximum absolute atomic E-state index is 13.3. The average Bonchev–Trinajstić information content (AvgIpc) is 2.79. The van der Waals surface area contributed by atoms with Crippen LogP contribution in [0.15, 0.2) is 82.8 Å². The highest BCUT2D eigenvalue weighted by Gasteiger charge is 2.27. The second kappa shape index (κ2) is 11.0. The Morgan fingerprint density at radius 3 is 2.21 bits per heavy atom. The SMILES string of the molecule is CC(=O)Oc1ccc(/C=N\NC(=O)CN(c2ccc(C)cc2)S(=O)(=O)c2ccc(Cl)cc2)cc1. The molecule has 8 nitrogen and oxygen atoms in total. The summed E-state index contributed by atoms with van der Waals surface area (Å²) in [5.74, 6) is -0.680. The fraction of sp³-hybridized carbons (Fsp3) is 0.125. The second-order valence-corrected chi connectivity index (χ2v) is 9.56. The van der Waals surface area contributed by atoms with Crippen molar-refractivity contribution in [1.29, 1.82) is 0 Å². The van der Waals surface area contributed by atoms with Gasteiger partial charge in [0.15, 0.2) is 0 Å². The second-order valence-electron chi connectivity index (χ2n) is 7.26. The van der Waals surface area contributed by atoms with E-state index in [1.165, 1.54) is 37.4 Å². The van der Waals surface area contributed by atoms with Crippen LogP contribution in [0.2, 0.25) is 5.02 Å². The van der Waals surface area contributed by atoms with Gasteiger partial charge in [-0.1, -0.05) is 29.3 Å². The van der Waals surface area contributed by atoms with Crippen LogP contribution in [0.5, 0.6) is 5.75 Å². The zero-order chi connectivity index (χ0) is 24.7. The van der Waals surface area contributed by atoms with E-state index in [-0.39, 0.29) is 4.90 Å². The van der Waals surface area contributed by atoms with Crippen LogP contribution in [0, 0.1) is 6.92 Å². The Labute approximate surface area is 202 Å². The number of rotatable bonds is 8. The first kappa shape index (κ1) is 24.9. The van der Waals surface area contributed by atoms with E-state index in [1.807, 2.05) is 6.92 Å². The number of amides is 1. The molecule has 3 aromatic carbocycles. The zero-order valence-corrected chi connectivity index (χ0v) is 20.0. The fourth-order valence-electron chi connectivity index (χ4n) is 2.89. The molecule has 10 heteroatoms. The number of carbonyl (C=O) groups is 2. The maximum atomic E-state index is 13.3. The number of sulfonamides is 1. The summed E-state index contributed by atoms with van der Waals surface area (Å²) in [5.41, 5.74) is 4.26. The number of ether oxygens (including phenoxy) is 1. The standard InChI is InChI=1S/C24H22ClN3O5S/c1-17-3-9-21(10-4-17)28(34(31,32)23-13-7-20(25)8-14-23)16-24(30)27-26-15-19-5-11-22(12-6-19)33-18(2)29/h3-15H,16H2,1-2H3,(H,27,30)/b26-15-. The molecule has 0 bridgehead atoms. The largest absolute Gasteiger partial charge is 0.427 e. The summed E-state index contributed by atoms with van der Waals surface area (Å²) in [6.07, 6.45) is 1.39. The van der Waals surface area contributed by atoms with Gasteiger partial charge in [-0.05, 0) is 73.2 Å². The number of benzene rings is 3. The molecule has 34 heavy (non-hydrogen) atoms. The molecule has 0 aliphatic rings. The number of aryl methyl sites for hydroxylation is 1. The molecule has 0 saturated carbocycles. The van der Waals surface area contributed by atoms with Crippen LogP contribution in [-0.2, 0) is 19.6 Å². The highest BCUT2D eigenvalue weighted by molar-refractivity contribution is 7.92. The third-order valence-corrected chi connectivity index (χ3v) is 6.60. The number of nitrogens with zero attached hydrogens (tertiary/aromatic N) is 2. The van der Waals surface area contributed by atoms with E-state index in [0.717, 1.165) is 9.87 Å². The highest BCUT2D eigenvalue weighted by atomic mass is 35.5. The fourth-order valence-corrected chi connectivity index (χ4v) is 4.44. The number of hydrogen-bond donors (Lipinski definition) is 1. The minimum Gasteiger partial charge on any atom is -0.427 e. The predicted molar refractivity (Wildman–Crippen MR) is 131 cm³/mol. The third-order valence-electron chi connectivity index (χ3n) is 4.56. The van der Waals surface area contributed by atoms with E-state index in [9.17, 15) is 18.0 Å². The van der Waals surface area contributed by atoms with Crippen LogP contribution in [-0.4, -0.2) is 33.1 Å². The van der Waals surface area contributed by atoms with Crippen molar-refractivity contribution in [2.45, 2.75) is 18.7 Å². The Morgan fingerprint density at radius 2 is 1.62 bits per heavy atom. The summed E-state index contributed by atoms with van der Waals surface area (Å²) in [4.78, 5) is 23.6. The molecule has 0 aliphatic carbocycles. The van der Waals surface area contributed by atoms with Gasteiger partial charge in [0.2, 0.25) is 0 Å². The molecule has 0 aliphatic heterocycles. The molecule has 176 valence electrons. The van der Waals surface area contributed by atoms with Gasteiger partial charge in [-0.25, -0.2) is 13.8 Å². The summed E-state index contributed by atoms with van der Waals surface area (Å²) in [7, 11) is -4.05. The topological polar surface area (TPSA) is 105 Å². The summed E-state index contributed by atoms with van der Waals surface area (Å²) >= 11 is 5.89. The number of hydrazone groups is 1. The molecule has 0 unspecified atom stereocenters. The Balaban J connectivity index is 1.76. The lowest BCUT2D eigenvalue weighted by Gasteiger charge is -2.23. The molecular weight excluding hydrogens is 478 g/mol. The van der Waals surface area contributed by atoms with Crippen LogP contribution in [0.4, 0.5) is 5.69 Å². The zero-order valence-electron chi connectivity index (χ0n) is 18.4. The molecule has 3 aromatic rings. The molecule has 0 fully saturated rings. The first-order valence-electron chi connectivity index (χ1n) is 10.1. The van der Waals surface area contributed by atoms with Gasteiger partial charge in [-0.3, -0.25) is 13.9 Å². The van der Waals surface area contributed by atoms with Crippen LogP contribution in [0.3, 0.4) is 0 Å². The van der Waals surface area contributed by atoms with Crippen molar-refractivity contribution in [3.05, 3.63) is 88.9 Å². The van der Waals surface area contributed by atoms with E-state index >= 15 is 0 Å². The van der Waals surface area contributed by atoms with E-state index in [1.54, 1.807) is 48.5 Å². The normalized spacial score (nSPS) is 11.3. The number of carbonyl (C=O) groups excluding carboxylic acids is 2. The molecular formula is C24H22ClN3O5S. The lowest BCUT2D eigenvalue weighted by molar-refractivity contribution is -0.131. The first-order valence-corrected chi connectivity index (χ1v) is 11.9. The van der Waals surface area contributed by atoms with Gasteiger partial charge in [0.25, 0.3) is 15.9 Å². The van der Waals surface area contributed by atoms with Crippen molar-refractivity contribution in [3.63, 3.8) is 0 Å². The number of anilines is 1. The molecule has 0 atom stereocenters. The number of halogens is 1. The van der Waals surface area contributed by atoms with E-state index in [2.05, 4.69) is 10.5 Å². The van der Waals surface area contributed by atoms with Crippen LogP contribution >= 0.6 is 11.6 Å². The summed E-state index contributed by atoms with van der Waals surface area (Å²) < 4.78 is 32.6. The van der Waals surface area contributed by atoms with Gasteiger partial charge in [-0.2, -0.15) is 5.10 Å². The minimum atomic E-state index is -4.05. The lowest BCUT2D eigenvalue weighted by Crippen LogP contribution is -2.39. The monoisotopic (exact) mass is 499 g/mol. The highest BCUT2D eigenvalue weighted by Crippen LogP contribution is 2.25. The van der Waals surface area contributed by atoms with E-state index in [0.29, 0.717) is 22.0 Å². The first-order chi connectivity index (χ1) is 16.1. The van der Waals surface area contributed by atoms with Crippen molar-refractivity contribution < 1.29 is 22.7 Å². The number of esters is 1. The Kier molecular flexibility index (Phi) is 8.04. The van der Waals surface area contributed by atoms with Crippen molar-refractivity contribution in [1.82, 2.24) is 5.43 Å². The molecule has 0 spiro atoms. The Morgan fingerprint density at radius 1 is 1.00 bits per heavy atom. The average molecular weight is 500 g/mol. The molecule has 3 rings (SSSR count). The summed E-state index contributed by atoms with van der Waals surface area (Å²) in [6.45, 7) is 2.69. The van der Waals surface area contributed by atoms with Crippen LogP contribution in [0.25, 0.3) is 0 Å². The van der Waals surface area contributed by atoms with Crippen molar-refractivity contribution in [2.75, 3.05) is 10.8 Å². The van der Waals surface area contributed by atoms with Crippen LogP contribution < -0.4 is 14.5 Å². The third kappa shape index (κ3) is 6.66. The van der Waals surface area contributed by atoms with Crippen molar-refractivity contribution in [3.8, 4) is 5.75 Å². The minimum absolute atomic E-state index is 0.00152. The van der Waals surface area contributed by atoms with E-state index in [4.69, 9.17) is 16.3 Å². The molecule has 0 radical (unpaired) electrons. The van der Waals surface area contributed by atoms with Gasteiger partial charge in [0.1, 0.15) is 12.3 Å². The lowest BCUT2D eigenvalue weighted by atomic mass is 10.2. The summed E-state index contributed by atoms with van der Waals surface area (Å²) in [6, 6.07) is 19.0. The Bertz CT molecular complexity index is 1290. The Hall–Kier alpha value is -3.69. The quantitative estimate of drug-likeness (QED) is 0.219. The number of nitrogens with one attached hydrogen (secondary N) is 1. The summed E-state index contributed by atoms with van der Waals surface area (Å²) in [5, 5.41) is 4.29. The van der Waals surface area contributed by atoms with Gasteiger partial charge in [0.05, 0.1) is 16.8 Å². The van der Waals surface area contributed by atoms with Gasteiger partial charge < -0.3 is 4.74 Å². The van der Waals surface area contributed by atoms with E-state index < -0.39 is 28.4 Å². The van der Waals surface area contributed by atoms with Gasteiger partial charge in [-0.15, -0.1) is 0 Å². The molecule has 1 amide bonds. The van der Waals surface area contributed by atoms with Crippen molar-refractivity contribution in [2.24, 2.45) is 5.10 Å². The number of hydrogen-bond acceptors (Lipinski definition) is 6. The predicted octanol–water partition coefficient (Wildman–Crippen LogP) is 3.92. The van der Waals surface area contributed by atoms with Gasteiger partial charge in [0, 0.05) is 11.9 Å². The van der Waals surface area contributed by atoms with Crippen LogP contribution in [0.1, 0.15) is 18.1 Å². The van der Waals surface area contributed by atoms with Gasteiger partial charge >= 0.3 is 5.97 Å². The molecule has 0 aromatic heterocycles. The molecule has 1 N–H and O–H groups in total. The maximum Gasteiger partial charge on any atom is 0.308 e.